The molecule has 0 unspecified atom stereocenters. The van der Waals surface area contributed by atoms with E-state index < -0.39 is 68.8 Å². The number of carbonyl (C=O) groups is 4. The van der Waals surface area contributed by atoms with Gasteiger partial charge in [-0.3, -0.25) is 14.4 Å². The molecule has 4 aliphatic rings. The Morgan fingerprint density at radius 2 is 1.83 bits per heavy atom. The van der Waals surface area contributed by atoms with Crippen molar-refractivity contribution in [1.82, 2.24) is 30.1 Å². The zero-order valence-electron chi connectivity index (χ0n) is 31.1. The molecule has 1 aromatic carbocycles. The van der Waals surface area contributed by atoms with Gasteiger partial charge in [-0.25, -0.2) is 18.7 Å². The van der Waals surface area contributed by atoms with E-state index in [-0.39, 0.29) is 25.3 Å². The summed E-state index contributed by atoms with van der Waals surface area (Å²) in [5.41, 5.74) is -3.15. The predicted molar refractivity (Wildman–Crippen MR) is 192 cm³/mol. The second-order valence-corrected chi connectivity index (χ2v) is 17.0. The minimum Gasteiger partial charge on any atom is -0.497 e. The summed E-state index contributed by atoms with van der Waals surface area (Å²) in [5, 5.41) is 7.26. The van der Waals surface area contributed by atoms with Crippen LogP contribution in [0.25, 0.3) is 10.8 Å². The van der Waals surface area contributed by atoms with Gasteiger partial charge in [-0.15, -0.1) is 0 Å². The summed E-state index contributed by atoms with van der Waals surface area (Å²) in [5.74, 6) is -1.44. The van der Waals surface area contributed by atoms with Crippen LogP contribution in [0, 0.1) is 11.3 Å². The van der Waals surface area contributed by atoms with E-state index in [9.17, 15) is 27.6 Å². The minimum atomic E-state index is -4.45. The summed E-state index contributed by atoms with van der Waals surface area (Å²) in [7, 11) is -2.87. The van der Waals surface area contributed by atoms with Crippen LogP contribution in [0.15, 0.2) is 30.5 Å². The fourth-order valence-corrected chi connectivity index (χ4v) is 8.19. The molecule has 2 saturated heterocycles. The van der Waals surface area contributed by atoms with Crippen LogP contribution >= 0.6 is 0 Å². The molecule has 16 nitrogen and oxygen atoms in total. The zero-order chi connectivity index (χ0) is 38.3. The number of pyridine rings is 1. The first-order chi connectivity index (χ1) is 25.0. The predicted octanol–water partition coefficient (Wildman–Crippen LogP) is 2.26. The standard InChI is InChI=1S/C36H50N6O10S/c1-7-23-20-36(23,32(45)40-53(47,48)52-35(5)11-12-35)39-29(43)27-19-25(51-30-26-9-8-24(49-6)18-22(26)10-13-37-30)21-42(27)31(44)28(34(2,3)4)38-33(46)41-14-16-50-17-15-41/h8-10,13,18,23,25,27-28H,7,11-12,14-17,19-21H2,1-6H3,(H,38,46)(H,39,43)(H,40,45)/t23-,25-,27+,28-,36-/m1/s1. The van der Waals surface area contributed by atoms with Gasteiger partial charge in [0.25, 0.3) is 5.91 Å². The molecule has 2 aromatic rings. The molecule has 5 atom stereocenters. The van der Waals surface area contributed by atoms with Crippen LogP contribution < -0.4 is 24.8 Å². The van der Waals surface area contributed by atoms with Crippen LogP contribution in [0.1, 0.15) is 66.7 Å². The fraction of sp³-hybridized carbons (Fsp3) is 0.639. The van der Waals surface area contributed by atoms with E-state index in [1.165, 1.54) is 4.90 Å². The fourth-order valence-electron chi connectivity index (χ4n) is 7.04. The SMILES string of the molecule is CC[C@@H]1C[C@]1(NC(=O)[C@@H]1C[C@@H](Oc2nccc3cc(OC)ccc23)CN1C(=O)[C@@H](NC(=O)N1CCOCC1)C(C)(C)C)C(=O)NS(=O)(=O)OC1(C)CC1. The van der Waals surface area contributed by atoms with Crippen molar-refractivity contribution in [3.05, 3.63) is 30.5 Å². The number of hydrogen-bond donors (Lipinski definition) is 3. The molecule has 4 fully saturated rings. The smallest absolute Gasteiger partial charge is 0.362 e. The van der Waals surface area contributed by atoms with Crippen molar-refractivity contribution in [3.63, 3.8) is 0 Å². The van der Waals surface area contributed by atoms with Crippen LogP contribution in [0.2, 0.25) is 0 Å². The van der Waals surface area contributed by atoms with E-state index in [4.69, 9.17) is 18.4 Å². The van der Waals surface area contributed by atoms with Gasteiger partial charge in [0.2, 0.25) is 17.7 Å². The van der Waals surface area contributed by atoms with Crippen molar-refractivity contribution in [2.24, 2.45) is 11.3 Å². The maximum absolute atomic E-state index is 14.6. The van der Waals surface area contributed by atoms with Gasteiger partial charge in [0, 0.05) is 31.1 Å². The Hall–Kier alpha value is -4.22. The van der Waals surface area contributed by atoms with E-state index >= 15 is 0 Å². The van der Waals surface area contributed by atoms with E-state index in [1.54, 1.807) is 31.2 Å². The Kier molecular flexibility index (Phi) is 10.6. The molecule has 17 heteroatoms. The Bertz CT molecular complexity index is 1860. The highest BCUT2D eigenvalue weighted by atomic mass is 32.2. The number of fused-ring (bicyclic) bond motifs is 1. The minimum absolute atomic E-state index is 0.0254. The molecule has 290 valence electrons. The highest BCUT2D eigenvalue weighted by Crippen LogP contribution is 2.47. The number of morpholine rings is 1. The second kappa shape index (κ2) is 14.5. The number of urea groups is 1. The lowest BCUT2D eigenvalue weighted by Crippen LogP contribution is -2.61. The Morgan fingerprint density at radius 1 is 1.11 bits per heavy atom. The lowest BCUT2D eigenvalue weighted by Gasteiger charge is -2.37. The Labute approximate surface area is 309 Å². The van der Waals surface area contributed by atoms with E-state index in [0.717, 1.165) is 5.39 Å². The third-order valence-corrected chi connectivity index (χ3v) is 11.6. The zero-order valence-corrected chi connectivity index (χ0v) is 31.9. The van der Waals surface area contributed by atoms with Gasteiger partial charge in [-0.2, -0.15) is 8.42 Å². The van der Waals surface area contributed by atoms with Crippen molar-refractivity contribution >= 4 is 44.8 Å². The molecule has 2 saturated carbocycles. The van der Waals surface area contributed by atoms with Crippen LogP contribution in [-0.4, -0.2) is 116 Å². The number of methoxy groups -OCH3 is 1. The van der Waals surface area contributed by atoms with Crippen LogP contribution in [0.4, 0.5) is 4.79 Å². The number of carbonyl (C=O) groups excluding carboxylic acids is 4. The summed E-state index contributed by atoms with van der Waals surface area (Å²) < 4.78 is 49.9. The molecule has 0 bridgehead atoms. The summed E-state index contributed by atoms with van der Waals surface area (Å²) in [6.07, 6.45) is 2.71. The number of nitrogens with zero attached hydrogens (tertiary/aromatic N) is 3. The molecule has 5 amide bonds. The maximum Gasteiger partial charge on any atom is 0.362 e. The summed E-state index contributed by atoms with van der Waals surface area (Å²) >= 11 is 0. The Balaban J connectivity index is 1.27. The molecule has 3 N–H and O–H groups in total. The van der Waals surface area contributed by atoms with Crippen molar-refractivity contribution in [3.8, 4) is 11.6 Å². The van der Waals surface area contributed by atoms with Crippen LogP contribution in [-0.2, 0) is 33.6 Å². The molecular weight excluding hydrogens is 708 g/mol. The van der Waals surface area contributed by atoms with Crippen molar-refractivity contribution in [1.29, 1.82) is 0 Å². The maximum atomic E-state index is 14.6. The van der Waals surface area contributed by atoms with Gasteiger partial charge >= 0.3 is 16.3 Å². The van der Waals surface area contributed by atoms with Crippen LogP contribution in [0.5, 0.6) is 11.6 Å². The normalized spacial score (nSPS) is 25.7. The number of aromatic nitrogens is 1. The van der Waals surface area contributed by atoms with Gasteiger partial charge < -0.3 is 34.6 Å². The third kappa shape index (κ3) is 8.46. The highest BCUT2D eigenvalue weighted by molar-refractivity contribution is 7.85. The average molecular weight is 759 g/mol. The highest BCUT2D eigenvalue weighted by Gasteiger charge is 2.62. The summed E-state index contributed by atoms with van der Waals surface area (Å²) in [6, 6.07) is 4.66. The van der Waals surface area contributed by atoms with E-state index in [0.29, 0.717) is 62.6 Å². The van der Waals surface area contributed by atoms with E-state index in [1.807, 2.05) is 50.6 Å². The summed E-state index contributed by atoms with van der Waals surface area (Å²) in [6.45, 7) is 10.4. The van der Waals surface area contributed by atoms with Crippen molar-refractivity contribution in [2.75, 3.05) is 40.0 Å². The molecule has 53 heavy (non-hydrogen) atoms. The molecule has 2 aliphatic carbocycles. The molecule has 0 radical (unpaired) electrons. The topological polar surface area (TPSA) is 195 Å². The number of rotatable bonds is 12. The number of likely N-dealkylation sites (tertiary alicyclic amines) is 1. The second-order valence-electron chi connectivity index (χ2n) is 15.7. The lowest BCUT2D eigenvalue weighted by molar-refractivity contribution is -0.142. The van der Waals surface area contributed by atoms with E-state index in [2.05, 4.69) is 15.6 Å². The molecule has 6 rings (SSSR count). The quantitative estimate of drug-likeness (QED) is 0.288. The van der Waals surface area contributed by atoms with Gasteiger partial charge in [-0.1, -0.05) is 34.1 Å². The lowest BCUT2D eigenvalue weighted by atomic mass is 9.85. The average Bonchev–Trinajstić information content (AvgIpc) is 3.98. The van der Waals surface area contributed by atoms with Gasteiger partial charge in [0.15, 0.2) is 0 Å². The first-order valence-corrected chi connectivity index (χ1v) is 19.5. The number of nitrogens with one attached hydrogen (secondary N) is 3. The number of amides is 5. The van der Waals surface area contributed by atoms with Crippen molar-refractivity contribution in [2.45, 2.75) is 96.1 Å². The number of hydrogen-bond acceptors (Lipinski definition) is 11. The Morgan fingerprint density at radius 3 is 2.45 bits per heavy atom. The monoisotopic (exact) mass is 758 g/mol. The molecule has 1 aromatic heterocycles. The molecular formula is C36H50N6O10S. The largest absolute Gasteiger partial charge is 0.497 e. The van der Waals surface area contributed by atoms with Gasteiger partial charge in [-0.05, 0) is 67.2 Å². The molecule has 0 spiro atoms. The first-order valence-electron chi connectivity index (χ1n) is 18.1. The summed E-state index contributed by atoms with van der Waals surface area (Å²) in [4.78, 5) is 63.3. The molecule has 3 heterocycles. The number of benzene rings is 1. The van der Waals surface area contributed by atoms with Gasteiger partial charge in [0.05, 0.1) is 32.5 Å². The number of ether oxygens (including phenoxy) is 3. The third-order valence-electron chi connectivity index (χ3n) is 10.6. The molecule has 2 aliphatic heterocycles. The van der Waals surface area contributed by atoms with Crippen molar-refractivity contribution < 1.29 is 46.0 Å². The van der Waals surface area contributed by atoms with Crippen LogP contribution in [0.3, 0.4) is 0 Å². The van der Waals surface area contributed by atoms with Gasteiger partial charge in [0.1, 0.15) is 29.5 Å². The first kappa shape index (κ1) is 38.5.